The largest absolute Gasteiger partial charge is 0.478 e. The third-order valence-electron chi connectivity index (χ3n) is 2.50. The number of carboxylic acids is 1. The van der Waals surface area contributed by atoms with Crippen molar-refractivity contribution in [3.05, 3.63) is 41.0 Å². The molecule has 0 aliphatic rings. The summed E-state index contributed by atoms with van der Waals surface area (Å²) in [6, 6.07) is 8.27. The standard InChI is InChI=1S/C13H12N2O3/c1-8(9(2)13(17)18)12(16)15-11-5-3-10(7-14)4-6-11/h3-6H,1-2H3,(H,15,16)(H,17,18). The highest BCUT2D eigenvalue weighted by Crippen LogP contribution is 2.12. The molecule has 1 aromatic carbocycles. The molecule has 1 amide bonds. The fraction of sp³-hybridized carbons (Fsp3) is 0.154. The molecular weight excluding hydrogens is 232 g/mol. The Labute approximate surface area is 104 Å². The van der Waals surface area contributed by atoms with E-state index in [2.05, 4.69) is 5.32 Å². The molecule has 5 nitrogen and oxygen atoms in total. The van der Waals surface area contributed by atoms with Crippen LogP contribution in [0.5, 0.6) is 0 Å². The number of hydrogen-bond donors (Lipinski definition) is 2. The van der Waals surface area contributed by atoms with Crippen LogP contribution in [-0.2, 0) is 9.59 Å². The first kappa shape index (κ1) is 13.5. The summed E-state index contributed by atoms with van der Waals surface area (Å²) in [7, 11) is 0. The Morgan fingerprint density at radius 3 is 2.17 bits per heavy atom. The number of amides is 1. The maximum atomic E-state index is 11.7. The van der Waals surface area contributed by atoms with E-state index in [0.29, 0.717) is 11.3 Å². The van der Waals surface area contributed by atoms with Gasteiger partial charge < -0.3 is 10.4 Å². The third-order valence-corrected chi connectivity index (χ3v) is 2.50. The Morgan fingerprint density at radius 2 is 1.72 bits per heavy atom. The molecule has 18 heavy (non-hydrogen) atoms. The van der Waals surface area contributed by atoms with E-state index in [1.807, 2.05) is 6.07 Å². The summed E-state index contributed by atoms with van der Waals surface area (Å²) in [5.74, 6) is -1.60. The van der Waals surface area contributed by atoms with Crippen LogP contribution < -0.4 is 5.32 Å². The normalized spacial score (nSPS) is 11.2. The molecule has 1 rings (SSSR count). The molecule has 0 fully saturated rings. The van der Waals surface area contributed by atoms with Crippen LogP contribution in [-0.4, -0.2) is 17.0 Å². The van der Waals surface area contributed by atoms with Crippen molar-refractivity contribution >= 4 is 17.6 Å². The predicted molar refractivity (Wildman–Crippen MR) is 65.8 cm³/mol. The number of aliphatic carboxylic acids is 1. The van der Waals surface area contributed by atoms with Crippen molar-refractivity contribution in [2.45, 2.75) is 13.8 Å². The second-order valence-electron chi connectivity index (χ2n) is 3.70. The Hall–Kier alpha value is -2.61. The first-order valence-corrected chi connectivity index (χ1v) is 5.18. The van der Waals surface area contributed by atoms with Crippen LogP contribution in [0.4, 0.5) is 5.69 Å². The van der Waals surface area contributed by atoms with Gasteiger partial charge in [-0.2, -0.15) is 5.26 Å². The molecule has 0 radical (unpaired) electrons. The van der Waals surface area contributed by atoms with Gasteiger partial charge >= 0.3 is 5.97 Å². The van der Waals surface area contributed by atoms with Gasteiger partial charge in [0.2, 0.25) is 0 Å². The van der Waals surface area contributed by atoms with Gasteiger partial charge in [0.05, 0.1) is 11.6 Å². The first-order valence-electron chi connectivity index (χ1n) is 5.18. The average molecular weight is 244 g/mol. The zero-order valence-corrected chi connectivity index (χ0v) is 10.0. The van der Waals surface area contributed by atoms with E-state index < -0.39 is 11.9 Å². The van der Waals surface area contributed by atoms with E-state index in [1.165, 1.54) is 13.8 Å². The predicted octanol–water partition coefficient (Wildman–Crippen LogP) is 1.92. The van der Waals surface area contributed by atoms with Crippen molar-refractivity contribution < 1.29 is 14.7 Å². The summed E-state index contributed by atoms with van der Waals surface area (Å²) in [6.45, 7) is 2.82. The molecule has 5 heteroatoms. The van der Waals surface area contributed by atoms with E-state index in [1.54, 1.807) is 24.3 Å². The maximum absolute atomic E-state index is 11.7. The van der Waals surface area contributed by atoms with Gasteiger partial charge in [-0.05, 0) is 38.1 Å². The summed E-state index contributed by atoms with van der Waals surface area (Å²) < 4.78 is 0. The van der Waals surface area contributed by atoms with E-state index in [4.69, 9.17) is 10.4 Å². The fourth-order valence-electron chi connectivity index (χ4n) is 1.18. The summed E-state index contributed by atoms with van der Waals surface area (Å²) in [6.07, 6.45) is 0. The Balaban J connectivity index is 2.85. The number of rotatable bonds is 3. The number of nitrogens with zero attached hydrogens (tertiary/aromatic N) is 1. The smallest absolute Gasteiger partial charge is 0.331 e. The topological polar surface area (TPSA) is 90.2 Å². The lowest BCUT2D eigenvalue weighted by molar-refractivity contribution is -0.133. The minimum atomic E-state index is -1.12. The van der Waals surface area contributed by atoms with Crippen LogP contribution in [0.25, 0.3) is 0 Å². The number of anilines is 1. The first-order chi connectivity index (χ1) is 8.45. The molecule has 0 aliphatic heterocycles. The highest BCUT2D eigenvalue weighted by Gasteiger charge is 2.12. The lowest BCUT2D eigenvalue weighted by Crippen LogP contribution is -2.16. The second kappa shape index (κ2) is 5.64. The minimum Gasteiger partial charge on any atom is -0.478 e. The molecule has 0 unspecified atom stereocenters. The SMILES string of the molecule is CC(C(=O)O)=C(C)C(=O)Nc1ccc(C#N)cc1. The Bertz CT molecular complexity index is 551. The quantitative estimate of drug-likeness (QED) is 0.795. The Kier molecular flexibility index (Phi) is 4.22. The van der Waals surface area contributed by atoms with Crippen LogP contribution in [0, 0.1) is 11.3 Å². The zero-order chi connectivity index (χ0) is 13.7. The van der Waals surface area contributed by atoms with Crippen molar-refractivity contribution in [1.82, 2.24) is 0 Å². The number of carbonyl (C=O) groups is 2. The average Bonchev–Trinajstić information content (AvgIpc) is 2.37. The second-order valence-corrected chi connectivity index (χ2v) is 3.70. The summed E-state index contributed by atoms with van der Waals surface area (Å²) in [4.78, 5) is 22.4. The van der Waals surface area contributed by atoms with Crippen LogP contribution in [0.15, 0.2) is 35.4 Å². The van der Waals surface area contributed by atoms with Crippen molar-refractivity contribution in [1.29, 1.82) is 5.26 Å². The van der Waals surface area contributed by atoms with Gasteiger partial charge in [-0.3, -0.25) is 4.79 Å². The molecule has 92 valence electrons. The summed E-state index contributed by atoms with van der Waals surface area (Å²) >= 11 is 0. The zero-order valence-electron chi connectivity index (χ0n) is 10.0. The van der Waals surface area contributed by atoms with Crippen molar-refractivity contribution in [2.24, 2.45) is 0 Å². The van der Waals surface area contributed by atoms with Crippen molar-refractivity contribution in [3.63, 3.8) is 0 Å². The van der Waals surface area contributed by atoms with Crippen LogP contribution >= 0.6 is 0 Å². The number of hydrogen-bond acceptors (Lipinski definition) is 3. The number of benzene rings is 1. The molecule has 0 aromatic heterocycles. The summed E-state index contributed by atoms with van der Waals surface area (Å²) in [5, 5.41) is 19.9. The van der Waals surface area contributed by atoms with Gasteiger partial charge in [0.15, 0.2) is 0 Å². The molecule has 1 aromatic rings. The lowest BCUT2D eigenvalue weighted by atomic mass is 10.1. The van der Waals surface area contributed by atoms with Crippen molar-refractivity contribution in [3.8, 4) is 6.07 Å². The van der Waals surface area contributed by atoms with Gasteiger partial charge in [-0.1, -0.05) is 0 Å². The minimum absolute atomic E-state index is 0.00106. The van der Waals surface area contributed by atoms with Gasteiger partial charge in [0.25, 0.3) is 5.91 Å². The molecule has 0 bridgehead atoms. The fourth-order valence-corrected chi connectivity index (χ4v) is 1.18. The third kappa shape index (κ3) is 3.19. The van der Waals surface area contributed by atoms with Crippen LogP contribution in [0.3, 0.4) is 0 Å². The molecule has 0 spiro atoms. The molecule has 0 heterocycles. The number of carbonyl (C=O) groups excluding carboxylic acids is 1. The lowest BCUT2D eigenvalue weighted by Gasteiger charge is -2.06. The summed E-state index contributed by atoms with van der Waals surface area (Å²) in [5.41, 5.74) is 1.14. The maximum Gasteiger partial charge on any atom is 0.331 e. The highest BCUT2D eigenvalue weighted by molar-refractivity contribution is 6.08. The molecule has 0 aliphatic carbocycles. The van der Waals surface area contributed by atoms with E-state index >= 15 is 0 Å². The Morgan fingerprint density at radius 1 is 1.17 bits per heavy atom. The monoisotopic (exact) mass is 244 g/mol. The number of nitriles is 1. The van der Waals surface area contributed by atoms with Gasteiger partial charge in [-0.25, -0.2) is 4.79 Å². The van der Waals surface area contributed by atoms with Crippen LogP contribution in [0.1, 0.15) is 19.4 Å². The van der Waals surface area contributed by atoms with Crippen molar-refractivity contribution in [2.75, 3.05) is 5.32 Å². The molecule has 0 saturated heterocycles. The molecule has 0 atom stereocenters. The van der Waals surface area contributed by atoms with Crippen LogP contribution in [0.2, 0.25) is 0 Å². The molecular formula is C13H12N2O3. The van der Waals surface area contributed by atoms with E-state index in [-0.39, 0.29) is 11.1 Å². The van der Waals surface area contributed by atoms with Gasteiger partial charge in [0, 0.05) is 16.8 Å². The van der Waals surface area contributed by atoms with E-state index in [0.717, 1.165) is 0 Å². The van der Waals surface area contributed by atoms with E-state index in [9.17, 15) is 9.59 Å². The highest BCUT2D eigenvalue weighted by atomic mass is 16.4. The number of nitrogens with one attached hydrogen (secondary N) is 1. The van der Waals surface area contributed by atoms with Gasteiger partial charge in [0.1, 0.15) is 0 Å². The molecule has 0 saturated carbocycles. The molecule has 2 N–H and O–H groups in total. The van der Waals surface area contributed by atoms with Gasteiger partial charge in [-0.15, -0.1) is 0 Å². The number of carboxylic acid groups (broad SMARTS) is 1.